The van der Waals surface area contributed by atoms with Crippen LogP contribution in [0.5, 0.6) is 5.75 Å². The number of hydrogen-bond donors (Lipinski definition) is 0. The quantitative estimate of drug-likeness (QED) is 0.658. The molecule has 0 bridgehead atoms. The minimum Gasteiger partial charge on any atom is -0.488 e. The van der Waals surface area contributed by atoms with E-state index in [2.05, 4.69) is 54.6 Å². The first-order valence-corrected chi connectivity index (χ1v) is 6.66. The fourth-order valence-corrected chi connectivity index (χ4v) is 2.05. The lowest BCUT2D eigenvalue weighted by Crippen LogP contribution is -1.95. The Labute approximate surface area is 119 Å². The van der Waals surface area contributed by atoms with Crippen molar-refractivity contribution >= 4 is 0 Å². The molecule has 0 heterocycles. The summed E-state index contributed by atoms with van der Waals surface area (Å²) in [6, 6.07) is 29.5. The molecule has 3 aromatic rings. The average molecular weight is 259 g/mol. The van der Waals surface area contributed by atoms with E-state index in [1.54, 1.807) is 0 Å². The topological polar surface area (TPSA) is 9.23 Å². The molecule has 0 aliphatic rings. The Bertz CT molecular complexity index is 642. The van der Waals surface area contributed by atoms with Gasteiger partial charge in [-0.15, -0.1) is 0 Å². The number of benzene rings is 3. The van der Waals surface area contributed by atoms with Gasteiger partial charge in [0.05, 0.1) is 0 Å². The summed E-state index contributed by atoms with van der Waals surface area (Å²) in [5, 5.41) is 0. The molecule has 0 saturated heterocycles. The highest BCUT2D eigenvalue weighted by atomic mass is 16.5. The highest BCUT2D eigenvalue weighted by Gasteiger charge is 1.98. The van der Waals surface area contributed by atoms with Crippen LogP contribution in [0.1, 0.15) is 5.56 Å². The first-order chi connectivity index (χ1) is 9.92. The van der Waals surface area contributed by atoms with Crippen LogP contribution in [0.4, 0.5) is 0 Å². The minimum atomic E-state index is 0.565. The molecule has 1 nitrogen and oxygen atoms in total. The molecule has 0 atom stereocenters. The lowest BCUT2D eigenvalue weighted by atomic mass is 10.0. The normalized spacial score (nSPS) is 10.2. The summed E-state index contributed by atoms with van der Waals surface area (Å²) in [7, 11) is 0. The Hall–Kier alpha value is -2.54. The molecule has 0 N–H and O–H groups in total. The zero-order valence-corrected chi connectivity index (χ0v) is 11.1. The van der Waals surface area contributed by atoms with Gasteiger partial charge in [-0.2, -0.15) is 0 Å². The highest BCUT2D eigenvalue weighted by molar-refractivity contribution is 5.63. The standard InChI is InChI=1S/C19H15O/c1-3-7-17(8-4-1)18-13-11-16(12-14-18)15-20-19-9-5-2-6-10-19/h1-9,11-14H,15H2. The zero-order chi connectivity index (χ0) is 13.6. The van der Waals surface area contributed by atoms with Gasteiger partial charge in [-0.05, 0) is 22.8 Å². The second-order valence-corrected chi connectivity index (χ2v) is 4.58. The summed E-state index contributed by atoms with van der Waals surface area (Å²) in [5.74, 6) is 0.777. The van der Waals surface area contributed by atoms with Crippen LogP contribution in [0.2, 0.25) is 0 Å². The summed E-state index contributed by atoms with van der Waals surface area (Å²) >= 11 is 0. The van der Waals surface area contributed by atoms with Crippen molar-refractivity contribution in [3.63, 3.8) is 0 Å². The molecular weight excluding hydrogens is 244 g/mol. The van der Waals surface area contributed by atoms with Gasteiger partial charge in [0.15, 0.2) is 0 Å². The minimum absolute atomic E-state index is 0.565. The number of para-hydroxylation sites is 1. The number of hydrogen-bond acceptors (Lipinski definition) is 1. The molecule has 0 aliphatic heterocycles. The molecular formula is C19H15O. The molecule has 97 valence electrons. The predicted octanol–water partition coefficient (Wildman–Crippen LogP) is 4.73. The maximum Gasteiger partial charge on any atom is 0.127 e. The fourth-order valence-electron chi connectivity index (χ4n) is 2.05. The summed E-state index contributed by atoms with van der Waals surface area (Å²) in [4.78, 5) is 0. The van der Waals surface area contributed by atoms with Crippen molar-refractivity contribution in [1.82, 2.24) is 0 Å². The van der Waals surface area contributed by atoms with E-state index >= 15 is 0 Å². The Morgan fingerprint density at radius 3 is 2.10 bits per heavy atom. The predicted molar refractivity (Wildman–Crippen MR) is 81.5 cm³/mol. The van der Waals surface area contributed by atoms with Gasteiger partial charge in [-0.1, -0.05) is 72.8 Å². The van der Waals surface area contributed by atoms with Crippen LogP contribution >= 0.6 is 0 Å². The van der Waals surface area contributed by atoms with Crippen molar-refractivity contribution in [2.45, 2.75) is 6.61 Å². The van der Waals surface area contributed by atoms with Crippen LogP contribution in [-0.4, -0.2) is 0 Å². The van der Waals surface area contributed by atoms with E-state index in [0.717, 1.165) is 11.3 Å². The maximum absolute atomic E-state index is 5.68. The van der Waals surface area contributed by atoms with Crippen molar-refractivity contribution in [3.05, 3.63) is 90.5 Å². The van der Waals surface area contributed by atoms with Gasteiger partial charge in [0.1, 0.15) is 12.4 Å². The highest BCUT2D eigenvalue weighted by Crippen LogP contribution is 2.20. The molecule has 1 radical (unpaired) electrons. The van der Waals surface area contributed by atoms with Gasteiger partial charge >= 0.3 is 0 Å². The third-order valence-electron chi connectivity index (χ3n) is 3.14. The molecule has 0 fully saturated rings. The smallest absolute Gasteiger partial charge is 0.127 e. The summed E-state index contributed by atoms with van der Waals surface area (Å²) in [6.07, 6.45) is 0. The summed E-state index contributed by atoms with van der Waals surface area (Å²) in [6.45, 7) is 0.565. The molecule has 20 heavy (non-hydrogen) atoms. The van der Waals surface area contributed by atoms with Crippen LogP contribution in [0, 0.1) is 6.07 Å². The molecule has 0 amide bonds. The van der Waals surface area contributed by atoms with E-state index in [4.69, 9.17) is 4.74 Å². The van der Waals surface area contributed by atoms with Gasteiger partial charge in [-0.3, -0.25) is 0 Å². The maximum atomic E-state index is 5.68. The Kier molecular flexibility index (Phi) is 3.79. The molecule has 0 unspecified atom stereocenters. The van der Waals surface area contributed by atoms with Crippen molar-refractivity contribution in [2.75, 3.05) is 0 Å². The van der Waals surface area contributed by atoms with Crippen LogP contribution in [0.25, 0.3) is 11.1 Å². The second kappa shape index (κ2) is 6.07. The van der Waals surface area contributed by atoms with Crippen LogP contribution < -0.4 is 4.74 Å². The molecule has 0 spiro atoms. The van der Waals surface area contributed by atoms with E-state index in [1.807, 2.05) is 30.3 Å². The largest absolute Gasteiger partial charge is 0.488 e. The third kappa shape index (κ3) is 3.07. The number of rotatable bonds is 4. The second-order valence-electron chi connectivity index (χ2n) is 4.58. The summed E-state index contributed by atoms with van der Waals surface area (Å²) in [5.41, 5.74) is 3.61. The van der Waals surface area contributed by atoms with E-state index in [9.17, 15) is 0 Å². The Balaban J connectivity index is 1.68. The lowest BCUT2D eigenvalue weighted by molar-refractivity contribution is 0.305. The van der Waals surface area contributed by atoms with Crippen molar-refractivity contribution < 1.29 is 4.74 Å². The van der Waals surface area contributed by atoms with Crippen LogP contribution in [0.3, 0.4) is 0 Å². The monoisotopic (exact) mass is 259 g/mol. The molecule has 0 aromatic heterocycles. The molecule has 3 aromatic carbocycles. The molecule has 3 rings (SSSR count). The van der Waals surface area contributed by atoms with E-state index < -0.39 is 0 Å². The van der Waals surface area contributed by atoms with Crippen molar-refractivity contribution in [3.8, 4) is 16.9 Å². The molecule has 0 aliphatic carbocycles. The van der Waals surface area contributed by atoms with Crippen molar-refractivity contribution in [2.24, 2.45) is 0 Å². The average Bonchev–Trinajstić information content (AvgIpc) is 2.55. The van der Waals surface area contributed by atoms with E-state index in [1.165, 1.54) is 11.1 Å². The Morgan fingerprint density at radius 2 is 1.40 bits per heavy atom. The van der Waals surface area contributed by atoms with Gasteiger partial charge in [0, 0.05) is 6.07 Å². The van der Waals surface area contributed by atoms with E-state index in [-0.39, 0.29) is 0 Å². The molecule has 1 heteroatoms. The zero-order valence-electron chi connectivity index (χ0n) is 11.1. The lowest BCUT2D eigenvalue weighted by Gasteiger charge is -2.07. The fraction of sp³-hybridized carbons (Fsp3) is 0.0526. The molecule has 0 saturated carbocycles. The number of ether oxygens (including phenoxy) is 1. The third-order valence-corrected chi connectivity index (χ3v) is 3.14. The first kappa shape index (κ1) is 12.5. The van der Waals surface area contributed by atoms with Gasteiger partial charge in [-0.25, -0.2) is 0 Å². The summed E-state index contributed by atoms with van der Waals surface area (Å²) < 4.78 is 5.68. The SMILES string of the molecule is [c]1ccccc1OCc1ccc(-c2ccccc2)cc1. The van der Waals surface area contributed by atoms with Crippen LogP contribution in [-0.2, 0) is 6.61 Å². The van der Waals surface area contributed by atoms with Crippen LogP contribution in [0.15, 0.2) is 78.9 Å². The van der Waals surface area contributed by atoms with Crippen molar-refractivity contribution in [1.29, 1.82) is 0 Å². The van der Waals surface area contributed by atoms with Gasteiger partial charge in [0.25, 0.3) is 0 Å². The Morgan fingerprint density at radius 1 is 0.700 bits per heavy atom. The van der Waals surface area contributed by atoms with E-state index in [0.29, 0.717) is 6.61 Å². The van der Waals surface area contributed by atoms with Gasteiger partial charge in [0.2, 0.25) is 0 Å². The van der Waals surface area contributed by atoms with Gasteiger partial charge < -0.3 is 4.74 Å². The first-order valence-electron chi connectivity index (χ1n) is 6.66.